The molecule has 1 fully saturated rings. The van der Waals surface area contributed by atoms with Crippen LogP contribution < -0.4 is 0 Å². The van der Waals surface area contributed by atoms with Crippen molar-refractivity contribution in [2.75, 3.05) is 13.1 Å². The number of phenolic OH excluding ortho intramolecular Hbond substituents is 1. The van der Waals surface area contributed by atoms with Crippen LogP contribution in [0, 0.1) is 5.92 Å². The number of nitrogens with zero attached hydrogens (tertiary/aromatic N) is 1. The van der Waals surface area contributed by atoms with Crippen LogP contribution in [0.1, 0.15) is 38.2 Å². The first-order valence-electron chi connectivity index (χ1n) is 7.19. The normalized spacial score (nSPS) is 20.4. The molecular weight excluding hydrogens is 257 g/mol. The fourth-order valence-corrected chi connectivity index (χ4v) is 2.70. The van der Waals surface area contributed by atoms with E-state index < -0.39 is 6.17 Å². The molecular formula is C16H22FNO2. The van der Waals surface area contributed by atoms with Crippen molar-refractivity contribution in [3.8, 4) is 5.75 Å². The number of hydrogen-bond donors (Lipinski definition) is 1. The molecule has 1 aromatic carbocycles. The average molecular weight is 279 g/mol. The summed E-state index contributed by atoms with van der Waals surface area (Å²) >= 11 is 0. The lowest BCUT2D eigenvalue weighted by molar-refractivity contribution is -0.132. The number of aromatic hydroxyl groups is 1. The molecule has 0 spiro atoms. The minimum absolute atomic E-state index is 0.00420. The van der Waals surface area contributed by atoms with Crippen molar-refractivity contribution >= 4 is 5.91 Å². The molecule has 1 saturated heterocycles. The first-order valence-corrected chi connectivity index (χ1v) is 7.19. The van der Waals surface area contributed by atoms with Crippen molar-refractivity contribution in [1.82, 2.24) is 4.90 Å². The van der Waals surface area contributed by atoms with E-state index in [-0.39, 0.29) is 24.1 Å². The van der Waals surface area contributed by atoms with Crippen molar-refractivity contribution in [3.05, 3.63) is 29.8 Å². The quantitative estimate of drug-likeness (QED) is 0.920. The van der Waals surface area contributed by atoms with Gasteiger partial charge in [-0.15, -0.1) is 0 Å². The molecule has 20 heavy (non-hydrogen) atoms. The van der Waals surface area contributed by atoms with Gasteiger partial charge in [0.2, 0.25) is 5.91 Å². The number of amides is 1. The Morgan fingerprint density at radius 3 is 2.55 bits per heavy atom. The van der Waals surface area contributed by atoms with Gasteiger partial charge in [0.25, 0.3) is 0 Å². The van der Waals surface area contributed by atoms with E-state index in [4.69, 9.17) is 0 Å². The lowest BCUT2D eigenvalue weighted by Gasteiger charge is -2.24. The molecule has 1 aromatic rings. The monoisotopic (exact) mass is 279 g/mol. The Bertz CT molecular complexity index is 458. The number of hydrogen-bond acceptors (Lipinski definition) is 2. The lowest BCUT2D eigenvalue weighted by atomic mass is 9.89. The van der Waals surface area contributed by atoms with Crippen molar-refractivity contribution in [2.45, 2.75) is 38.8 Å². The van der Waals surface area contributed by atoms with Gasteiger partial charge >= 0.3 is 0 Å². The third-order valence-electron chi connectivity index (χ3n) is 3.74. The van der Waals surface area contributed by atoms with Crippen molar-refractivity contribution in [3.63, 3.8) is 0 Å². The van der Waals surface area contributed by atoms with Crippen LogP contribution in [0.4, 0.5) is 4.39 Å². The van der Waals surface area contributed by atoms with Gasteiger partial charge in [-0.2, -0.15) is 0 Å². The smallest absolute Gasteiger partial charge is 0.230 e. The van der Waals surface area contributed by atoms with Crippen molar-refractivity contribution < 1.29 is 14.3 Å². The Morgan fingerprint density at radius 1 is 1.40 bits per heavy atom. The van der Waals surface area contributed by atoms with E-state index in [1.807, 2.05) is 0 Å². The molecule has 4 heteroatoms. The molecule has 2 atom stereocenters. The predicted octanol–water partition coefficient (Wildman–Crippen LogP) is 3.09. The van der Waals surface area contributed by atoms with Gasteiger partial charge in [0.1, 0.15) is 11.9 Å². The summed E-state index contributed by atoms with van der Waals surface area (Å²) in [5, 5.41) is 9.36. The number of halogens is 1. The lowest BCUT2D eigenvalue weighted by Crippen LogP contribution is -2.34. The molecule has 0 radical (unpaired) electrons. The molecule has 1 amide bonds. The number of benzene rings is 1. The van der Waals surface area contributed by atoms with Gasteiger partial charge in [0.15, 0.2) is 0 Å². The van der Waals surface area contributed by atoms with Gasteiger partial charge in [-0.05, 0) is 36.5 Å². The fourth-order valence-electron chi connectivity index (χ4n) is 2.70. The van der Waals surface area contributed by atoms with Gasteiger partial charge in [0, 0.05) is 6.54 Å². The van der Waals surface area contributed by atoms with Gasteiger partial charge in [-0.25, -0.2) is 4.39 Å². The van der Waals surface area contributed by atoms with Crippen LogP contribution >= 0.6 is 0 Å². The summed E-state index contributed by atoms with van der Waals surface area (Å²) in [6, 6.07) is 6.75. The van der Waals surface area contributed by atoms with Gasteiger partial charge in [0.05, 0.1) is 12.5 Å². The second-order valence-corrected chi connectivity index (χ2v) is 5.94. The van der Waals surface area contributed by atoms with Crippen LogP contribution in [-0.4, -0.2) is 35.2 Å². The number of carbonyl (C=O) groups is 1. The summed E-state index contributed by atoms with van der Waals surface area (Å²) in [5.41, 5.74) is 0.892. The van der Waals surface area contributed by atoms with Gasteiger partial charge < -0.3 is 10.0 Å². The molecule has 1 unspecified atom stereocenters. The molecule has 1 aliphatic heterocycles. The Balaban J connectivity index is 2.18. The van der Waals surface area contributed by atoms with E-state index in [1.54, 1.807) is 29.2 Å². The van der Waals surface area contributed by atoms with Crippen LogP contribution in [0.15, 0.2) is 24.3 Å². The minimum atomic E-state index is -0.890. The minimum Gasteiger partial charge on any atom is -0.508 e. The average Bonchev–Trinajstić information content (AvgIpc) is 2.83. The van der Waals surface area contributed by atoms with Gasteiger partial charge in [-0.1, -0.05) is 26.0 Å². The van der Waals surface area contributed by atoms with Crippen molar-refractivity contribution in [1.29, 1.82) is 0 Å². The number of alkyl halides is 1. The zero-order valence-corrected chi connectivity index (χ0v) is 12.1. The van der Waals surface area contributed by atoms with E-state index in [0.717, 1.165) is 12.0 Å². The van der Waals surface area contributed by atoms with E-state index in [0.29, 0.717) is 18.9 Å². The zero-order valence-electron chi connectivity index (χ0n) is 12.1. The molecule has 110 valence electrons. The summed E-state index contributed by atoms with van der Waals surface area (Å²) in [6.45, 7) is 4.86. The maximum Gasteiger partial charge on any atom is 0.230 e. The Hall–Kier alpha value is -1.58. The topological polar surface area (TPSA) is 40.5 Å². The zero-order chi connectivity index (χ0) is 14.7. The van der Waals surface area contributed by atoms with Crippen LogP contribution in [0.2, 0.25) is 0 Å². The largest absolute Gasteiger partial charge is 0.508 e. The molecule has 3 nitrogen and oxygen atoms in total. The van der Waals surface area contributed by atoms with Crippen LogP contribution in [0.3, 0.4) is 0 Å². The Labute approximate surface area is 119 Å². The van der Waals surface area contributed by atoms with E-state index in [2.05, 4.69) is 13.8 Å². The number of likely N-dealkylation sites (tertiary alicyclic amines) is 1. The maximum atomic E-state index is 13.3. The van der Waals surface area contributed by atoms with E-state index in [1.165, 1.54) is 0 Å². The molecule has 0 saturated carbocycles. The second-order valence-electron chi connectivity index (χ2n) is 5.94. The molecule has 1 N–H and O–H groups in total. The highest BCUT2D eigenvalue weighted by atomic mass is 19.1. The molecule has 2 rings (SSSR count). The Kier molecular flexibility index (Phi) is 4.63. The standard InChI is InChI=1S/C16H22FNO2/c1-11(2)9-15(12-3-5-14(19)6-4-12)16(20)18-8-7-13(17)10-18/h3-6,11,13,15,19H,7-10H2,1-2H3/t13-,15?/m0/s1. The second kappa shape index (κ2) is 6.25. The fraction of sp³-hybridized carbons (Fsp3) is 0.562. The molecule has 0 bridgehead atoms. The number of rotatable bonds is 4. The van der Waals surface area contributed by atoms with Crippen LogP contribution in [0.5, 0.6) is 5.75 Å². The highest BCUT2D eigenvalue weighted by Gasteiger charge is 2.31. The van der Waals surface area contributed by atoms with Crippen molar-refractivity contribution in [2.24, 2.45) is 5.92 Å². The highest BCUT2D eigenvalue weighted by Crippen LogP contribution is 2.29. The molecule has 0 aromatic heterocycles. The SMILES string of the molecule is CC(C)CC(C(=O)N1CC[C@H](F)C1)c1ccc(O)cc1. The number of phenols is 1. The third kappa shape index (κ3) is 3.50. The summed E-state index contributed by atoms with van der Waals surface area (Å²) in [6.07, 6.45) is 0.283. The van der Waals surface area contributed by atoms with E-state index >= 15 is 0 Å². The van der Waals surface area contributed by atoms with Gasteiger partial charge in [-0.3, -0.25) is 4.79 Å². The highest BCUT2D eigenvalue weighted by molar-refractivity contribution is 5.84. The maximum absolute atomic E-state index is 13.3. The third-order valence-corrected chi connectivity index (χ3v) is 3.74. The van der Waals surface area contributed by atoms with E-state index in [9.17, 15) is 14.3 Å². The number of carbonyl (C=O) groups excluding carboxylic acids is 1. The summed E-state index contributed by atoms with van der Waals surface area (Å²) in [5.74, 6) is 0.321. The first-order chi connectivity index (χ1) is 9.47. The molecule has 1 aliphatic rings. The summed E-state index contributed by atoms with van der Waals surface area (Å²) in [7, 11) is 0. The Morgan fingerprint density at radius 2 is 2.05 bits per heavy atom. The molecule has 1 heterocycles. The first kappa shape index (κ1) is 14.8. The molecule has 0 aliphatic carbocycles. The summed E-state index contributed by atoms with van der Waals surface area (Å²) in [4.78, 5) is 14.2. The van der Waals surface area contributed by atoms with Crippen LogP contribution in [0.25, 0.3) is 0 Å². The summed E-state index contributed by atoms with van der Waals surface area (Å²) < 4.78 is 13.3. The van der Waals surface area contributed by atoms with Crippen LogP contribution in [-0.2, 0) is 4.79 Å². The predicted molar refractivity (Wildman–Crippen MR) is 76.4 cm³/mol.